The van der Waals surface area contributed by atoms with Crippen LogP contribution in [0.5, 0.6) is 11.5 Å². The smallest absolute Gasteiger partial charge is 0.310 e. The van der Waals surface area contributed by atoms with E-state index in [1.54, 1.807) is 10.6 Å². The van der Waals surface area contributed by atoms with E-state index >= 15 is 0 Å². The van der Waals surface area contributed by atoms with Gasteiger partial charge in [0.1, 0.15) is 30.8 Å². The van der Waals surface area contributed by atoms with Gasteiger partial charge in [-0.3, -0.25) is 14.2 Å². The van der Waals surface area contributed by atoms with Crippen LogP contribution in [0.3, 0.4) is 0 Å². The van der Waals surface area contributed by atoms with Crippen molar-refractivity contribution in [3.63, 3.8) is 0 Å². The zero-order valence-corrected chi connectivity index (χ0v) is 24.6. The van der Waals surface area contributed by atoms with Crippen molar-refractivity contribution < 1.29 is 23.8 Å². The second kappa shape index (κ2) is 12.1. The van der Waals surface area contributed by atoms with Crippen molar-refractivity contribution in [2.45, 2.75) is 33.0 Å². The summed E-state index contributed by atoms with van der Waals surface area (Å²) in [5.74, 6) is 1.05. The maximum Gasteiger partial charge on any atom is 0.310 e. The highest BCUT2D eigenvalue weighted by atomic mass is 16.5. The van der Waals surface area contributed by atoms with E-state index in [2.05, 4.69) is 4.90 Å². The average Bonchev–Trinajstić information content (AvgIpc) is 3.30. The van der Waals surface area contributed by atoms with Gasteiger partial charge < -0.3 is 19.1 Å². The molecule has 0 aliphatic carbocycles. The molecule has 4 aromatic carbocycles. The molecule has 0 spiro atoms. The lowest BCUT2D eigenvalue weighted by atomic mass is 10.1. The van der Waals surface area contributed by atoms with E-state index in [0.717, 1.165) is 51.3 Å². The molecule has 0 unspecified atom stereocenters. The number of benzene rings is 4. The van der Waals surface area contributed by atoms with Gasteiger partial charge in [0.2, 0.25) is 0 Å². The molecule has 1 atom stereocenters. The van der Waals surface area contributed by atoms with Gasteiger partial charge in [0, 0.05) is 23.7 Å². The molecule has 218 valence electrons. The molecule has 0 radical (unpaired) electrons. The molecular formula is C36H34N2O5. The van der Waals surface area contributed by atoms with Crippen LogP contribution >= 0.6 is 0 Å². The molecule has 0 amide bonds. The van der Waals surface area contributed by atoms with Crippen LogP contribution in [0, 0.1) is 13.8 Å². The molecule has 1 aliphatic rings. The van der Waals surface area contributed by atoms with E-state index in [1.165, 1.54) is 0 Å². The Hall–Kier alpha value is -5.04. The summed E-state index contributed by atoms with van der Waals surface area (Å²) in [6.07, 6.45) is -0.0407. The van der Waals surface area contributed by atoms with E-state index in [4.69, 9.17) is 14.2 Å². The zero-order chi connectivity index (χ0) is 29.9. The Bertz CT molecular complexity index is 1790. The fourth-order valence-electron chi connectivity index (χ4n) is 5.69. The van der Waals surface area contributed by atoms with Crippen LogP contribution in [-0.2, 0) is 22.6 Å². The minimum absolute atomic E-state index is 0.0775. The Labute approximate surface area is 251 Å². The quantitative estimate of drug-likeness (QED) is 0.197. The molecule has 7 nitrogen and oxygen atoms in total. The van der Waals surface area contributed by atoms with Gasteiger partial charge in [-0.05, 0) is 66.9 Å². The number of likely N-dealkylation sites (N-methyl/N-ethyl adjacent to an activating group) is 1. The number of aromatic nitrogens is 1. The maximum atomic E-state index is 13.9. The molecule has 6 rings (SSSR count). The number of carbonyl (C=O) groups excluding carboxylic acids is 2. The number of aryl methyl sites for hydroxylation is 1. The highest BCUT2D eigenvalue weighted by Crippen LogP contribution is 2.33. The van der Waals surface area contributed by atoms with E-state index < -0.39 is 0 Å². The Morgan fingerprint density at radius 2 is 1.65 bits per heavy atom. The number of ether oxygens (including phenoxy) is 3. The normalized spacial score (nSPS) is 14.2. The van der Waals surface area contributed by atoms with E-state index in [0.29, 0.717) is 17.9 Å². The van der Waals surface area contributed by atoms with Crippen molar-refractivity contribution >= 4 is 28.5 Å². The van der Waals surface area contributed by atoms with Crippen LogP contribution in [0.15, 0.2) is 97.1 Å². The van der Waals surface area contributed by atoms with Crippen LogP contribution in [-0.4, -0.2) is 42.7 Å². The van der Waals surface area contributed by atoms with Crippen LogP contribution in [0.2, 0.25) is 0 Å². The topological polar surface area (TPSA) is 70.0 Å². The largest absolute Gasteiger partial charge is 0.489 e. The van der Waals surface area contributed by atoms with Crippen LogP contribution in [0.25, 0.3) is 10.9 Å². The summed E-state index contributed by atoms with van der Waals surface area (Å²) in [7, 11) is 2.05. The summed E-state index contributed by atoms with van der Waals surface area (Å²) < 4.78 is 19.5. The maximum absolute atomic E-state index is 13.9. The van der Waals surface area contributed by atoms with Crippen molar-refractivity contribution in [2.24, 2.45) is 0 Å². The SMILES string of the molecule is Cc1cc(C(=O)n2c(C)c(CC(=O)OCc3ccccc3)c3ccccc32)ccc1OC[C@@H]1CN(C)c2ccccc2O1. The fraction of sp³-hybridized carbons (Fsp3) is 0.222. The third kappa shape index (κ3) is 5.84. The van der Waals surface area contributed by atoms with Crippen LogP contribution < -0.4 is 14.4 Å². The van der Waals surface area contributed by atoms with Crippen LogP contribution in [0.4, 0.5) is 5.69 Å². The third-order valence-corrected chi connectivity index (χ3v) is 7.90. The lowest BCUT2D eigenvalue weighted by Gasteiger charge is -2.33. The molecule has 0 saturated heterocycles. The van der Waals surface area contributed by atoms with Gasteiger partial charge in [0.25, 0.3) is 5.91 Å². The van der Waals surface area contributed by atoms with Gasteiger partial charge in [0.05, 0.1) is 24.2 Å². The Morgan fingerprint density at radius 1 is 0.907 bits per heavy atom. The predicted molar refractivity (Wildman–Crippen MR) is 167 cm³/mol. The van der Waals surface area contributed by atoms with E-state index in [-0.39, 0.29) is 31.0 Å². The lowest BCUT2D eigenvalue weighted by Crippen LogP contribution is -2.41. The lowest BCUT2D eigenvalue weighted by molar-refractivity contribution is -0.144. The molecule has 0 saturated carbocycles. The van der Waals surface area contributed by atoms with Crippen molar-refractivity contribution in [1.82, 2.24) is 4.57 Å². The number of esters is 1. The molecule has 43 heavy (non-hydrogen) atoms. The number of rotatable bonds is 8. The zero-order valence-electron chi connectivity index (χ0n) is 24.6. The first-order valence-electron chi connectivity index (χ1n) is 14.4. The average molecular weight is 575 g/mol. The highest BCUT2D eigenvalue weighted by Gasteiger charge is 2.25. The molecule has 0 bridgehead atoms. The molecule has 0 N–H and O–H groups in total. The fourth-order valence-corrected chi connectivity index (χ4v) is 5.69. The number of hydrogen-bond acceptors (Lipinski definition) is 6. The van der Waals surface area contributed by atoms with Crippen molar-refractivity contribution in [3.05, 3.63) is 125 Å². The van der Waals surface area contributed by atoms with Crippen LogP contribution in [0.1, 0.15) is 32.7 Å². The summed E-state index contributed by atoms with van der Waals surface area (Å²) in [5, 5.41) is 0.862. The van der Waals surface area contributed by atoms with Crippen molar-refractivity contribution in [3.8, 4) is 11.5 Å². The summed E-state index contributed by atoms with van der Waals surface area (Å²) in [4.78, 5) is 28.9. The summed E-state index contributed by atoms with van der Waals surface area (Å²) in [5.41, 5.74) is 5.66. The predicted octanol–water partition coefficient (Wildman–Crippen LogP) is 6.51. The molecule has 5 aromatic rings. The Balaban J connectivity index is 1.17. The molecule has 1 aromatic heterocycles. The number of carbonyl (C=O) groups is 2. The second-order valence-electron chi connectivity index (χ2n) is 10.9. The number of nitrogens with zero attached hydrogens (tertiary/aromatic N) is 2. The third-order valence-electron chi connectivity index (χ3n) is 7.90. The van der Waals surface area contributed by atoms with Gasteiger partial charge in [-0.15, -0.1) is 0 Å². The minimum Gasteiger partial charge on any atom is -0.489 e. The van der Waals surface area contributed by atoms with Gasteiger partial charge in [-0.2, -0.15) is 0 Å². The number of anilines is 1. The molecule has 1 aliphatic heterocycles. The first kappa shape index (κ1) is 28.1. The molecule has 7 heteroatoms. The van der Waals surface area contributed by atoms with Crippen molar-refractivity contribution in [1.29, 1.82) is 0 Å². The highest BCUT2D eigenvalue weighted by molar-refractivity contribution is 6.04. The number of fused-ring (bicyclic) bond motifs is 2. The molecule has 2 heterocycles. The Kier molecular flexibility index (Phi) is 7.88. The summed E-state index contributed by atoms with van der Waals surface area (Å²) in [6.45, 7) is 5.12. The molecular weight excluding hydrogens is 540 g/mol. The van der Waals surface area contributed by atoms with Crippen molar-refractivity contribution in [2.75, 3.05) is 25.1 Å². The van der Waals surface area contributed by atoms with E-state index in [1.807, 2.05) is 112 Å². The minimum atomic E-state index is -0.337. The summed E-state index contributed by atoms with van der Waals surface area (Å²) >= 11 is 0. The second-order valence-corrected chi connectivity index (χ2v) is 10.9. The van der Waals surface area contributed by atoms with Gasteiger partial charge in [0.15, 0.2) is 0 Å². The number of para-hydroxylation sites is 3. The van der Waals surface area contributed by atoms with Gasteiger partial charge in [-0.1, -0.05) is 60.7 Å². The standard InChI is InChI=1S/C36H34N2O5/c1-24-19-27(17-18-33(24)41-23-28-21-37(3)32-15-9-10-16-34(32)43-28)36(40)38-25(2)30(29-13-7-8-14-31(29)38)20-35(39)42-22-26-11-5-4-6-12-26/h4-19,28H,20-23H2,1-3H3/t28-/m0/s1. The first-order chi connectivity index (χ1) is 20.9. The Morgan fingerprint density at radius 3 is 2.47 bits per heavy atom. The van der Waals surface area contributed by atoms with Gasteiger partial charge >= 0.3 is 5.97 Å². The first-order valence-corrected chi connectivity index (χ1v) is 14.4. The molecule has 0 fully saturated rings. The van der Waals surface area contributed by atoms with E-state index in [9.17, 15) is 9.59 Å². The number of hydrogen-bond donors (Lipinski definition) is 0. The summed E-state index contributed by atoms with van der Waals surface area (Å²) in [6, 6.07) is 30.7. The van der Waals surface area contributed by atoms with Gasteiger partial charge in [-0.25, -0.2) is 0 Å². The monoisotopic (exact) mass is 574 g/mol.